The van der Waals surface area contributed by atoms with Gasteiger partial charge in [0.1, 0.15) is 0 Å². The number of hydrogen-bond acceptors (Lipinski definition) is 4. The first-order chi connectivity index (χ1) is 6.39. The molecule has 0 aromatic carbocycles. The highest BCUT2D eigenvalue weighted by Gasteiger charge is 2.52. The Kier molecular flexibility index (Phi) is 3.20. The summed E-state index contributed by atoms with van der Waals surface area (Å²) in [6, 6.07) is -0.725. The topological polar surface area (TPSA) is 77.8 Å². The average molecular weight is 223 g/mol. The Morgan fingerprint density at radius 3 is 2.07 bits per heavy atom. The van der Waals surface area contributed by atoms with Crippen LogP contribution in [0.2, 0.25) is 0 Å². The SMILES string of the molecule is CN(C(CO)CO)S(=O)(=O)C1(C)CC1. The minimum atomic E-state index is -3.38. The third-order valence-corrected chi connectivity index (χ3v) is 5.60. The van der Waals surface area contributed by atoms with Gasteiger partial charge in [0, 0.05) is 7.05 Å². The van der Waals surface area contributed by atoms with E-state index in [-0.39, 0.29) is 13.2 Å². The lowest BCUT2D eigenvalue weighted by Crippen LogP contribution is -2.46. The summed E-state index contributed by atoms with van der Waals surface area (Å²) in [4.78, 5) is 0. The Labute approximate surface area is 84.4 Å². The van der Waals surface area contributed by atoms with Crippen LogP contribution in [0.5, 0.6) is 0 Å². The molecular weight excluding hydrogens is 206 g/mol. The molecule has 0 spiro atoms. The second kappa shape index (κ2) is 3.77. The first-order valence-electron chi connectivity index (χ1n) is 4.58. The van der Waals surface area contributed by atoms with Crippen LogP contribution < -0.4 is 0 Å². The summed E-state index contributed by atoms with van der Waals surface area (Å²) in [5.74, 6) is 0. The molecule has 2 N–H and O–H groups in total. The van der Waals surface area contributed by atoms with Gasteiger partial charge in [-0.15, -0.1) is 0 Å². The third kappa shape index (κ3) is 1.79. The van der Waals surface area contributed by atoms with Crippen LogP contribution in [0.15, 0.2) is 0 Å². The number of sulfonamides is 1. The summed E-state index contributed by atoms with van der Waals surface area (Å²) in [5.41, 5.74) is 0. The Hall–Kier alpha value is -0.170. The molecule has 0 heterocycles. The monoisotopic (exact) mass is 223 g/mol. The fourth-order valence-corrected chi connectivity index (χ4v) is 3.10. The van der Waals surface area contributed by atoms with Crippen molar-refractivity contribution in [2.75, 3.05) is 20.3 Å². The zero-order chi connectivity index (χ0) is 11.0. The molecule has 0 atom stereocenters. The molecule has 6 heteroatoms. The van der Waals surface area contributed by atoms with E-state index in [9.17, 15) is 8.42 Å². The highest BCUT2D eigenvalue weighted by atomic mass is 32.2. The first kappa shape index (κ1) is 11.9. The summed E-state index contributed by atoms with van der Waals surface area (Å²) >= 11 is 0. The van der Waals surface area contributed by atoms with Crippen molar-refractivity contribution in [3.63, 3.8) is 0 Å². The van der Waals surface area contributed by atoms with E-state index >= 15 is 0 Å². The molecule has 0 aromatic rings. The van der Waals surface area contributed by atoms with Gasteiger partial charge in [-0.3, -0.25) is 0 Å². The fourth-order valence-electron chi connectivity index (χ4n) is 1.27. The van der Waals surface area contributed by atoms with Crippen molar-refractivity contribution in [1.82, 2.24) is 4.31 Å². The van der Waals surface area contributed by atoms with Gasteiger partial charge in [-0.2, -0.15) is 4.31 Å². The normalized spacial score (nSPS) is 20.4. The van der Waals surface area contributed by atoms with Crippen molar-refractivity contribution in [1.29, 1.82) is 0 Å². The molecule has 14 heavy (non-hydrogen) atoms. The van der Waals surface area contributed by atoms with E-state index < -0.39 is 20.8 Å². The summed E-state index contributed by atoms with van der Waals surface area (Å²) in [6.45, 7) is 0.968. The molecule has 0 saturated heterocycles. The molecule has 0 amide bonds. The van der Waals surface area contributed by atoms with E-state index in [4.69, 9.17) is 10.2 Å². The van der Waals surface area contributed by atoms with Gasteiger partial charge in [-0.05, 0) is 19.8 Å². The molecular formula is C8H17NO4S. The van der Waals surface area contributed by atoms with Gasteiger partial charge < -0.3 is 10.2 Å². The second-order valence-electron chi connectivity index (χ2n) is 3.99. The average Bonchev–Trinajstić information content (AvgIpc) is 2.87. The van der Waals surface area contributed by atoms with E-state index in [1.165, 1.54) is 7.05 Å². The van der Waals surface area contributed by atoms with Crippen molar-refractivity contribution < 1.29 is 18.6 Å². The maximum Gasteiger partial charge on any atom is 0.219 e. The first-order valence-corrected chi connectivity index (χ1v) is 6.02. The molecule has 0 bridgehead atoms. The van der Waals surface area contributed by atoms with Gasteiger partial charge in [-0.1, -0.05) is 0 Å². The van der Waals surface area contributed by atoms with E-state index in [1.807, 2.05) is 0 Å². The predicted octanol–water partition coefficient (Wildman–Crippen LogP) is -0.846. The quantitative estimate of drug-likeness (QED) is 0.636. The van der Waals surface area contributed by atoms with Gasteiger partial charge in [0.15, 0.2) is 0 Å². The van der Waals surface area contributed by atoms with Gasteiger partial charge in [0.2, 0.25) is 10.0 Å². The molecule has 5 nitrogen and oxygen atoms in total. The van der Waals surface area contributed by atoms with Crippen LogP contribution in [-0.2, 0) is 10.0 Å². The van der Waals surface area contributed by atoms with E-state index in [0.717, 1.165) is 4.31 Å². The summed E-state index contributed by atoms with van der Waals surface area (Å²) in [7, 11) is -1.98. The van der Waals surface area contributed by atoms with Crippen LogP contribution in [0, 0.1) is 0 Å². The van der Waals surface area contributed by atoms with E-state index in [1.54, 1.807) is 6.92 Å². The highest BCUT2D eigenvalue weighted by Crippen LogP contribution is 2.44. The van der Waals surface area contributed by atoms with Crippen LogP contribution in [0.1, 0.15) is 19.8 Å². The molecule has 1 fully saturated rings. The van der Waals surface area contributed by atoms with Crippen molar-refractivity contribution in [2.45, 2.75) is 30.6 Å². The van der Waals surface area contributed by atoms with E-state index in [2.05, 4.69) is 0 Å². The maximum absolute atomic E-state index is 11.9. The number of hydrogen-bond donors (Lipinski definition) is 2. The number of aliphatic hydroxyl groups excluding tert-OH is 2. The van der Waals surface area contributed by atoms with Gasteiger partial charge in [0.25, 0.3) is 0 Å². The number of aliphatic hydroxyl groups is 2. The van der Waals surface area contributed by atoms with Crippen LogP contribution in [0.25, 0.3) is 0 Å². The molecule has 1 aliphatic rings. The van der Waals surface area contributed by atoms with Gasteiger partial charge in [-0.25, -0.2) is 8.42 Å². The lowest BCUT2D eigenvalue weighted by atomic mass is 10.3. The number of rotatable bonds is 5. The zero-order valence-electron chi connectivity index (χ0n) is 8.47. The summed E-state index contributed by atoms with van der Waals surface area (Å²) in [6.07, 6.45) is 1.31. The lowest BCUT2D eigenvalue weighted by molar-refractivity contribution is 0.134. The number of nitrogens with zero attached hydrogens (tertiary/aromatic N) is 1. The summed E-state index contributed by atoms with van der Waals surface area (Å²) in [5, 5.41) is 17.8. The highest BCUT2D eigenvalue weighted by molar-refractivity contribution is 7.90. The van der Waals surface area contributed by atoms with Crippen LogP contribution >= 0.6 is 0 Å². The Morgan fingerprint density at radius 1 is 1.36 bits per heavy atom. The Morgan fingerprint density at radius 2 is 1.79 bits per heavy atom. The standard InChI is InChI=1S/C8H17NO4S/c1-8(3-4-8)14(12,13)9(2)7(5-10)6-11/h7,10-11H,3-6H2,1-2H3. The van der Waals surface area contributed by atoms with Crippen molar-refractivity contribution in [2.24, 2.45) is 0 Å². The van der Waals surface area contributed by atoms with E-state index in [0.29, 0.717) is 12.8 Å². The number of likely N-dealkylation sites (N-methyl/N-ethyl adjacent to an activating group) is 1. The summed E-state index contributed by atoms with van der Waals surface area (Å²) < 4.78 is 24.2. The molecule has 1 aliphatic carbocycles. The fraction of sp³-hybridized carbons (Fsp3) is 1.00. The smallest absolute Gasteiger partial charge is 0.219 e. The van der Waals surface area contributed by atoms with Crippen molar-refractivity contribution in [3.05, 3.63) is 0 Å². The maximum atomic E-state index is 11.9. The molecule has 0 radical (unpaired) electrons. The minimum Gasteiger partial charge on any atom is -0.395 e. The van der Waals surface area contributed by atoms with Gasteiger partial charge in [0.05, 0.1) is 24.0 Å². The largest absolute Gasteiger partial charge is 0.395 e. The Bertz CT molecular complexity index is 292. The molecule has 1 rings (SSSR count). The second-order valence-corrected chi connectivity index (χ2v) is 6.50. The molecule has 0 aliphatic heterocycles. The van der Waals surface area contributed by atoms with Crippen molar-refractivity contribution >= 4 is 10.0 Å². The van der Waals surface area contributed by atoms with Crippen LogP contribution in [0.3, 0.4) is 0 Å². The van der Waals surface area contributed by atoms with Crippen LogP contribution in [-0.4, -0.2) is 54.0 Å². The molecule has 84 valence electrons. The van der Waals surface area contributed by atoms with Crippen LogP contribution in [0.4, 0.5) is 0 Å². The molecule has 0 aromatic heterocycles. The van der Waals surface area contributed by atoms with Crippen molar-refractivity contribution in [3.8, 4) is 0 Å². The van der Waals surface area contributed by atoms with Gasteiger partial charge >= 0.3 is 0 Å². The zero-order valence-corrected chi connectivity index (χ0v) is 9.29. The Balaban J connectivity index is 2.82. The third-order valence-electron chi connectivity index (χ3n) is 2.89. The predicted molar refractivity (Wildman–Crippen MR) is 52.3 cm³/mol. The molecule has 0 unspecified atom stereocenters. The lowest BCUT2D eigenvalue weighted by Gasteiger charge is -2.27. The minimum absolute atomic E-state index is 0.359. The molecule has 1 saturated carbocycles.